The second kappa shape index (κ2) is 11.2. The van der Waals surface area contributed by atoms with Crippen LogP contribution < -0.4 is 15.4 Å². The van der Waals surface area contributed by atoms with Gasteiger partial charge in [0.1, 0.15) is 5.75 Å². The quantitative estimate of drug-likeness (QED) is 0.465. The van der Waals surface area contributed by atoms with Crippen molar-refractivity contribution in [3.63, 3.8) is 0 Å². The van der Waals surface area contributed by atoms with Crippen LogP contribution in [0.5, 0.6) is 5.75 Å². The minimum Gasteiger partial charge on any atom is -0.497 e. The first-order valence-corrected chi connectivity index (χ1v) is 11.5. The van der Waals surface area contributed by atoms with Gasteiger partial charge in [0.15, 0.2) is 0 Å². The minimum absolute atomic E-state index is 0.0340. The lowest BCUT2D eigenvalue weighted by Gasteiger charge is -2.34. The number of hydrogen-bond donors (Lipinski definition) is 3. The molecule has 1 aromatic heterocycles. The molecular formula is C26H32N4O3. The molecule has 1 aliphatic heterocycles. The zero-order valence-corrected chi connectivity index (χ0v) is 19.0. The lowest BCUT2D eigenvalue weighted by molar-refractivity contribution is -0.118. The van der Waals surface area contributed by atoms with Crippen molar-refractivity contribution in [1.29, 1.82) is 0 Å². The Morgan fingerprint density at radius 1 is 1.21 bits per heavy atom. The van der Waals surface area contributed by atoms with Gasteiger partial charge in [-0.25, -0.2) is 0 Å². The largest absolute Gasteiger partial charge is 0.497 e. The molecule has 1 aliphatic rings. The second-order valence-electron chi connectivity index (χ2n) is 8.45. The van der Waals surface area contributed by atoms with Crippen molar-refractivity contribution in [2.24, 2.45) is 0 Å². The number of carbonyl (C=O) groups excluding carboxylic acids is 1. The number of benzene rings is 2. The molecule has 0 aliphatic carbocycles. The van der Waals surface area contributed by atoms with Gasteiger partial charge in [0.05, 0.1) is 25.3 Å². The van der Waals surface area contributed by atoms with Crippen molar-refractivity contribution in [1.82, 2.24) is 15.2 Å². The molecule has 1 atom stereocenters. The first-order valence-electron chi connectivity index (χ1n) is 11.5. The Bertz CT molecular complexity index is 1050. The van der Waals surface area contributed by atoms with E-state index in [9.17, 15) is 9.90 Å². The predicted octanol–water partition coefficient (Wildman–Crippen LogP) is 3.36. The summed E-state index contributed by atoms with van der Waals surface area (Å²) >= 11 is 0. The van der Waals surface area contributed by atoms with E-state index in [1.807, 2.05) is 54.6 Å². The van der Waals surface area contributed by atoms with Crippen LogP contribution in [0.15, 0.2) is 60.8 Å². The van der Waals surface area contributed by atoms with Gasteiger partial charge in [-0.1, -0.05) is 18.2 Å². The number of methoxy groups -OCH3 is 1. The zero-order chi connectivity index (χ0) is 23.0. The molecule has 2 heterocycles. The number of anilines is 1. The Kier molecular flexibility index (Phi) is 7.88. The number of para-hydroxylation sites is 1. The van der Waals surface area contributed by atoms with Gasteiger partial charge in [-0.2, -0.15) is 0 Å². The third-order valence-corrected chi connectivity index (χ3v) is 6.26. The van der Waals surface area contributed by atoms with Crippen molar-refractivity contribution in [2.75, 3.05) is 38.6 Å². The lowest BCUT2D eigenvalue weighted by atomic mass is 10.00. The van der Waals surface area contributed by atoms with Crippen molar-refractivity contribution in [3.8, 4) is 5.75 Å². The molecule has 7 nitrogen and oxygen atoms in total. The molecule has 2 aromatic carbocycles. The number of nitrogens with one attached hydrogen (secondary N) is 2. The maximum absolute atomic E-state index is 12.8. The van der Waals surface area contributed by atoms with Crippen molar-refractivity contribution in [2.45, 2.75) is 31.4 Å². The number of rotatable bonds is 9. The van der Waals surface area contributed by atoms with Crippen LogP contribution >= 0.6 is 0 Å². The van der Waals surface area contributed by atoms with E-state index in [-0.39, 0.29) is 5.91 Å². The summed E-state index contributed by atoms with van der Waals surface area (Å²) in [5.74, 6) is 0.700. The van der Waals surface area contributed by atoms with E-state index in [0.29, 0.717) is 25.6 Å². The zero-order valence-electron chi connectivity index (χ0n) is 19.0. The summed E-state index contributed by atoms with van der Waals surface area (Å²) in [6.07, 6.45) is 3.57. The second-order valence-corrected chi connectivity index (χ2v) is 8.45. The smallest absolute Gasteiger partial charge is 0.238 e. The maximum atomic E-state index is 12.8. The fourth-order valence-corrected chi connectivity index (χ4v) is 4.48. The summed E-state index contributed by atoms with van der Waals surface area (Å²) in [5, 5.41) is 18.4. The van der Waals surface area contributed by atoms with Gasteiger partial charge in [0.25, 0.3) is 0 Å². The third kappa shape index (κ3) is 6.07. The van der Waals surface area contributed by atoms with Gasteiger partial charge in [-0.3, -0.25) is 14.7 Å². The standard InChI is InChI=1S/C26H32N4O3/c1-33-21-7-8-24-23(17-21)22(11-15-28-24)25(31)12-16-30(20-9-13-27-14-10-20)18-26(32)29-19-5-3-2-4-6-19/h2-8,11,15,17,20,25,27,31H,9-10,12-14,16,18H2,1H3,(H,29,32). The first-order chi connectivity index (χ1) is 16.1. The number of piperidine rings is 1. The number of nitrogens with zero attached hydrogens (tertiary/aromatic N) is 2. The highest BCUT2D eigenvalue weighted by molar-refractivity contribution is 5.92. The molecule has 1 fully saturated rings. The van der Waals surface area contributed by atoms with Crippen LogP contribution in [0.25, 0.3) is 10.9 Å². The molecule has 1 unspecified atom stereocenters. The molecule has 1 amide bonds. The summed E-state index contributed by atoms with van der Waals surface area (Å²) in [4.78, 5) is 19.4. The Morgan fingerprint density at radius 3 is 2.76 bits per heavy atom. The molecule has 1 saturated heterocycles. The lowest BCUT2D eigenvalue weighted by Crippen LogP contribution is -2.46. The first kappa shape index (κ1) is 23.2. The summed E-state index contributed by atoms with van der Waals surface area (Å²) < 4.78 is 5.36. The van der Waals surface area contributed by atoms with Gasteiger partial charge in [-0.05, 0) is 74.3 Å². The van der Waals surface area contributed by atoms with E-state index >= 15 is 0 Å². The number of ether oxygens (including phenoxy) is 1. The molecule has 0 saturated carbocycles. The van der Waals surface area contributed by atoms with Gasteiger partial charge in [-0.15, -0.1) is 0 Å². The number of carbonyl (C=O) groups is 1. The van der Waals surface area contributed by atoms with E-state index < -0.39 is 6.10 Å². The van der Waals surface area contributed by atoms with Crippen LogP contribution in [-0.2, 0) is 4.79 Å². The Labute approximate surface area is 194 Å². The Hall–Kier alpha value is -3.00. The fourth-order valence-electron chi connectivity index (χ4n) is 4.48. The van der Waals surface area contributed by atoms with Crippen LogP contribution in [0.1, 0.15) is 30.9 Å². The van der Waals surface area contributed by atoms with Gasteiger partial charge in [0.2, 0.25) is 5.91 Å². The number of hydrogen-bond acceptors (Lipinski definition) is 6. The molecule has 7 heteroatoms. The molecule has 0 radical (unpaired) electrons. The van der Waals surface area contributed by atoms with Gasteiger partial charge >= 0.3 is 0 Å². The van der Waals surface area contributed by atoms with E-state index in [2.05, 4.69) is 20.5 Å². The summed E-state index contributed by atoms with van der Waals surface area (Å²) in [6, 6.07) is 17.4. The number of aliphatic hydroxyl groups excluding tert-OH is 1. The fraction of sp³-hybridized carbons (Fsp3) is 0.385. The van der Waals surface area contributed by atoms with Crippen molar-refractivity contribution in [3.05, 3.63) is 66.4 Å². The molecular weight excluding hydrogens is 416 g/mol. The predicted molar refractivity (Wildman–Crippen MR) is 130 cm³/mol. The average Bonchev–Trinajstić information content (AvgIpc) is 2.86. The van der Waals surface area contributed by atoms with Gasteiger partial charge < -0.3 is 20.5 Å². The van der Waals surface area contributed by atoms with Crippen molar-refractivity contribution >= 4 is 22.5 Å². The van der Waals surface area contributed by atoms with Crippen LogP contribution in [0.2, 0.25) is 0 Å². The van der Waals surface area contributed by atoms with E-state index in [0.717, 1.165) is 53.8 Å². The molecule has 4 rings (SSSR count). The van der Waals surface area contributed by atoms with E-state index in [4.69, 9.17) is 4.74 Å². The SMILES string of the molecule is COc1ccc2nccc(C(O)CCN(CC(=O)Nc3ccccc3)C3CCNCC3)c2c1. The van der Waals surface area contributed by atoms with Crippen molar-refractivity contribution < 1.29 is 14.6 Å². The number of aliphatic hydroxyl groups is 1. The van der Waals surface area contributed by atoms with Crippen LogP contribution in [-0.4, -0.2) is 60.2 Å². The van der Waals surface area contributed by atoms with Crippen LogP contribution in [0, 0.1) is 0 Å². The highest BCUT2D eigenvalue weighted by atomic mass is 16.5. The molecule has 33 heavy (non-hydrogen) atoms. The average molecular weight is 449 g/mol. The van der Waals surface area contributed by atoms with Crippen LogP contribution in [0.4, 0.5) is 5.69 Å². The maximum Gasteiger partial charge on any atom is 0.238 e. The van der Waals surface area contributed by atoms with Gasteiger partial charge in [0, 0.05) is 29.9 Å². The molecule has 174 valence electrons. The topological polar surface area (TPSA) is 86.7 Å². The summed E-state index contributed by atoms with van der Waals surface area (Å²) in [6.45, 7) is 2.82. The third-order valence-electron chi connectivity index (χ3n) is 6.26. The molecule has 0 spiro atoms. The number of fused-ring (bicyclic) bond motifs is 1. The molecule has 0 bridgehead atoms. The Morgan fingerprint density at radius 2 is 2.00 bits per heavy atom. The van der Waals surface area contributed by atoms with E-state index in [1.54, 1.807) is 13.3 Å². The van der Waals surface area contributed by atoms with E-state index in [1.165, 1.54) is 0 Å². The number of amides is 1. The van der Waals surface area contributed by atoms with Crippen LogP contribution in [0.3, 0.4) is 0 Å². The number of pyridine rings is 1. The summed E-state index contributed by atoms with van der Waals surface area (Å²) in [5.41, 5.74) is 2.45. The number of aromatic nitrogens is 1. The highest BCUT2D eigenvalue weighted by Crippen LogP contribution is 2.28. The monoisotopic (exact) mass is 448 g/mol. The normalized spacial score (nSPS) is 15.5. The Balaban J connectivity index is 1.46. The molecule has 3 aromatic rings. The molecule has 3 N–H and O–H groups in total. The summed E-state index contributed by atoms with van der Waals surface area (Å²) in [7, 11) is 1.63. The highest BCUT2D eigenvalue weighted by Gasteiger charge is 2.24. The minimum atomic E-state index is -0.663.